The lowest BCUT2D eigenvalue weighted by Crippen LogP contribution is -2.30. The number of benzene rings is 1. The summed E-state index contributed by atoms with van der Waals surface area (Å²) in [7, 11) is 0. The molecule has 0 aliphatic heterocycles. The molecule has 2 heterocycles. The summed E-state index contributed by atoms with van der Waals surface area (Å²) in [6, 6.07) is 11.0. The van der Waals surface area contributed by atoms with Crippen LogP contribution in [0.25, 0.3) is 11.2 Å². The molecule has 0 unspecified atom stereocenters. The van der Waals surface area contributed by atoms with Crippen molar-refractivity contribution >= 4 is 17.2 Å². The molecule has 1 amide bonds. The van der Waals surface area contributed by atoms with Gasteiger partial charge in [-0.25, -0.2) is 19.3 Å². The van der Waals surface area contributed by atoms with E-state index in [2.05, 4.69) is 15.3 Å². The highest BCUT2D eigenvalue weighted by atomic mass is 19.4. The van der Waals surface area contributed by atoms with Crippen LogP contribution < -0.4 is 5.32 Å². The summed E-state index contributed by atoms with van der Waals surface area (Å²) in [6.07, 6.45) is -2.80. The molecule has 124 valence electrons. The molecule has 1 N–H and O–H groups in total. The number of hydrogen-bond donors (Lipinski definition) is 1. The molecular weight excluding hydrogens is 321 g/mol. The minimum atomic E-state index is -4.58. The lowest BCUT2D eigenvalue weighted by atomic mass is 10.1. The van der Waals surface area contributed by atoms with E-state index in [0.29, 0.717) is 13.0 Å². The highest BCUT2D eigenvalue weighted by molar-refractivity contribution is 5.87. The van der Waals surface area contributed by atoms with Gasteiger partial charge in [0.25, 0.3) is 0 Å². The molecule has 0 fully saturated rings. The van der Waals surface area contributed by atoms with Crippen molar-refractivity contribution < 1.29 is 18.0 Å². The molecule has 3 aromatic rings. The Morgan fingerprint density at radius 2 is 1.88 bits per heavy atom. The van der Waals surface area contributed by atoms with Gasteiger partial charge in [-0.15, -0.1) is 0 Å². The quantitative estimate of drug-likeness (QED) is 0.800. The van der Waals surface area contributed by atoms with Gasteiger partial charge in [-0.1, -0.05) is 30.3 Å². The average Bonchev–Trinajstić information content (AvgIpc) is 2.98. The monoisotopic (exact) mass is 334 g/mol. The van der Waals surface area contributed by atoms with E-state index in [-0.39, 0.29) is 11.2 Å². The van der Waals surface area contributed by atoms with Crippen molar-refractivity contribution in [2.45, 2.75) is 12.6 Å². The summed E-state index contributed by atoms with van der Waals surface area (Å²) in [5.41, 5.74) is 0.0860. The largest absolute Gasteiger partial charge is 0.433 e. The van der Waals surface area contributed by atoms with Crippen LogP contribution >= 0.6 is 0 Å². The van der Waals surface area contributed by atoms with Crippen molar-refractivity contribution in [3.63, 3.8) is 0 Å². The van der Waals surface area contributed by atoms with Crippen molar-refractivity contribution in [2.24, 2.45) is 0 Å². The minimum Gasteiger partial charge on any atom is -0.337 e. The molecule has 0 saturated heterocycles. The maximum atomic E-state index is 12.8. The standard InChI is InChI=1S/C16H13F3N4O/c17-16(18,19)13-7-6-12-14(22-13)23(10-21-12)15(24)20-9-8-11-4-2-1-3-5-11/h1-7,10H,8-9H2,(H,20,24). The first-order valence-electron chi connectivity index (χ1n) is 7.18. The zero-order valence-corrected chi connectivity index (χ0v) is 12.4. The van der Waals surface area contributed by atoms with E-state index >= 15 is 0 Å². The fourth-order valence-electron chi connectivity index (χ4n) is 2.24. The van der Waals surface area contributed by atoms with Gasteiger partial charge in [-0.2, -0.15) is 13.2 Å². The maximum Gasteiger partial charge on any atom is 0.433 e. The number of pyridine rings is 1. The second-order valence-electron chi connectivity index (χ2n) is 5.12. The number of rotatable bonds is 3. The number of hydrogen-bond acceptors (Lipinski definition) is 3. The third-order valence-electron chi connectivity index (χ3n) is 3.44. The summed E-state index contributed by atoms with van der Waals surface area (Å²) < 4.78 is 39.2. The van der Waals surface area contributed by atoms with Gasteiger partial charge in [0.2, 0.25) is 0 Å². The molecule has 2 aromatic heterocycles. The Bertz CT molecular complexity index is 859. The lowest BCUT2D eigenvalue weighted by Gasteiger charge is -2.08. The predicted octanol–water partition coefficient (Wildman–Crippen LogP) is 3.25. The SMILES string of the molecule is O=C(NCCc1ccccc1)n1cnc2ccc(C(F)(F)F)nc21. The highest BCUT2D eigenvalue weighted by Gasteiger charge is 2.33. The van der Waals surface area contributed by atoms with E-state index in [1.54, 1.807) is 0 Å². The number of carbonyl (C=O) groups excluding carboxylic acids is 1. The number of imidazole rings is 1. The van der Waals surface area contributed by atoms with Gasteiger partial charge in [0.1, 0.15) is 17.5 Å². The predicted molar refractivity (Wildman–Crippen MR) is 81.5 cm³/mol. The van der Waals surface area contributed by atoms with E-state index in [9.17, 15) is 18.0 Å². The van der Waals surface area contributed by atoms with Gasteiger partial charge < -0.3 is 5.32 Å². The number of fused-ring (bicyclic) bond motifs is 1. The maximum absolute atomic E-state index is 12.8. The van der Waals surface area contributed by atoms with Crippen molar-refractivity contribution in [3.05, 3.63) is 60.0 Å². The van der Waals surface area contributed by atoms with Crippen LogP contribution in [0.1, 0.15) is 11.3 Å². The Labute approximate surface area is 135 Å². The number of nitrogens with zero attached hydrogens (tertiary/aromatic N) is 3. The summed E-state index contributed by atoms with van der Waals surface area (Å²) in [5, 5.41) is 2.65. The Hall–Kier alpha value is -2.90. The Morgan fingerprint density at radius 1 is 1.12 bits per heavy atom. The third-order valence-corrected chi connectivity index (χ3v) is 3.44. The molecule has 0 aliphatic carbocycles. The van der Waals surface area contributed by atoms with Crippen LogP contribution in [0.3, 0.4) is 0 Å². The third kappa shape index (κ3) is 3.37. The van der Waals surface area contributed by atoms with E-state index in [0.717, 1.165) is 22.5 Å². The van der Waals surface area contributed by atoms with Crippen LogP contribution in [0.5, 0.6) is 0 Å². The number of alkyl halides is 3. The summed E-state index contributed by atoms with van der Waals surface area (Å²) in [6.45, 7) is 0.349. The van der Waals surface area contributed by atoms with Crippen molar-refractivity contribution in [2.75, 3.05) is 6.54 Å². The van der Waals surface area contributed by atoms with Crippen LogP contribution in [0.4, 0.5) is 18.0 Å². The molecule has 3 rings (SSSR count). The van der Waals surface area contributed by atoms with Crippen molar-refractivity contribution in [1.82, 2.24) is 19.9 Å². The number of halogens is 3. The molecule has 0 saturated carbocycles. The number of amides is 1. The van der Waals surface area contributed by atoms with Crippen molar-refractivity contribution in [3.8, 4) is 0 Å². The first kappa shape index (κ1) is 16.0. The molecule has 0 spiro atoms. The Morgan fingerprint density at radius 3 is 2.58 bits per heavy atom. The summed E-state index contributed by atoms with van der Waals surface area (Å²) >= 11 is 0. The summed E-state index contributed by atoms with van der Waals surface area (Å²) in [4.78, 5) is 19.6. The molecule has 0 bridgehead atoms. The van der Waals surface area contributed by atoms with Gasteiger partial charge >= 0.3 is 12.2 Å². The average molecular weight is 334 g/mol. The number of aromatic nitrogens is 3. The Kier molecular flexibility index (Phi) is 4.20. The topological polar surface area (TPSA) is 59.8 Å². The van der Waals surface area contributed by atoms with E-state index in [1.807, 2.05) is 30.3 Å². The lowest BCUT2D eigenvalue weighted by molar-refractivity contribution is -0.141. The number of carbonyl (C=O) groups is 1. The van der Waals surface area contributed by atoms with Crippen LogP contribution in [-0.4, -0.2) is 27.1 Å². The van der Waals surface area contributed by atoms with Gasteiger partial charge in [-0.3, -0.25) is 0 Å². The van der Waals surface area contributed by atoms with Gasteiger partial charge in [0.15, 0.2) is 5.65 Å². The first-order valence-corrected chi connectivity index (χ1v) is 7.18. The van der Waals surface area contributed by atoms with Crippen molar-refractivity contribution in [1.29, 1.82) is 0 Å². The second kappa shape index (κ2) is 6.31. The Balaban J connectivity index is 1.75. The second-order valence-corrected chi connectivity index (χ2v) is 5.12. The molecule has 0 aliphatic rings. The summed E-state index contributed by atoms with van der Waals surface area (Å²) in [5.74, 6) is 0. The minimum absolute atomic E-state index is 0.123. The van der Waals surface area contributed by atoms with Crippen LogP contribution in [-0.2, 0) is 12.6 Å². The molecule has 24 heavy (non-hydrogen) atoms. The normalized spacial score (nSPS) is 11.6. The molecule has 5 nitrogen and oxygen atoms in total. The van der Waals surface area contributed by atoms with Gasteiger partial charge in [0, 0.05) is 6.54 Å². The molecule has 0 radical (unpaired) electrons. The van der Waals surface area contributed by atoms with Crippen LogP contribution in [0, 0.1) is 0 Å². The van der Waals surface area contributed by atoms with E-state index in [1.165, 1.54) is 6.07 Å². The van der Waals surface area contributed by atoms with Crippen LogP contribution in [0.2, 0.25) is 0 Å². The highest BCUT2D eigenvalue weighted by Crippen LogP contribution is 2.28. The smallest absolute Gasteiger partial charge is 0.337 e. The molecular formula is C16H13F3N4O. The first-order chi connectivity index (χ1) is 11.4. The van der Waals surface area contributed by atoms with Gasteiger partial charge in [0.05, 0.1) is 0 Å². The fourth-order valence-corrected chi connectivity index (χ4v) is 2.24. The van der Waals surface area contributed by atoms with E-state index in [4.69, 9.17) is 0 Å². The molecule has 1 aromatic carbocycles. The molecule has 0 atom stereocenters. The van der Waals surface area contributed by atoms with Crippen LogP contribution in [0.15, 0.2) is 48.8 Å². The molecule has 8 heteroatoms. The zero-order chi connectivity index (χ0) is 17.2. The fraction of sp³-hybridized carbons (Fsp3) is 0.188. The zero-order valence-electron chi connectivity index (χ0n) is 12.4. The number of nitrogens with one attached hydrogen (secondary N) is 1. The van der Waals surface area contributed by atoms with E-state index < -0.39 is 17.9 Å². The van der Waals surface area contributed by atoms with Gasteiger partial charge in [-0.05, 0) is 24.1 Å².